The van der Waals surface area contributed by atoms with Gasteiger partial charge in [0.15, 0.2) is 0 Å². The molecule has 0 atom stereocenters. The first-order valence-electron chi connectivity index (χ1n) is 8.61. The fourth-order valence-electron chi connectivity index (χ4n) is 3.27. The molecule has 3 N–H and O–H groups in total. The summed E-state index contributed by atoms with van der Waals surface area (Å²) >= 11 is 0. The van der Waals surface area contributed by atoms with Gasteiger partial charge in [-0.2, -0.15) is 0 Å². The van der Waals surface area contributed by atoms with Crippen LogP contribution in [0.3, 0.4) is 0 Å². The molecule has 3 nitrogen and oxygen atoms in total. The number of rotatable bonds is 3. The monoisotopic (exact) mass is 368 g/mol. The van der Waals surface area contributed by atoms with E-state index in [1.807, 2.05) is 36.4 Å². The number of hydrogen-bond acceptors (Lipinski definition) is 3. The van der Waals surface area contributed by atoms with Gasteiger partial charge < -0.3 is 0 Å². The van der Waals surface area contributed by atoms with Crippen LogP contribution in [0.25, 0.3) is 11.1 Å². The molecule has 3 aromatic carbocycles. The van der Waals surface area contributed by atoms with Gasteiger partial charge in [0.25, 0.3) is 0 Å². The van der Waals surface area contributed by atoms with E-state index in [2.05, 4.69) is 20.8 Å². The molecule has 0 spiro atoms. The fraction of sp³-hybridized carbons (Fsp3) is 0.182. The Hall–Kier alpha value is -2.03. The summed E-state index contributed by atoms with van der Waals surface area (Å²) in [6, 6.07) is 23.1. The summed E-state index contributed by atoms with van der Waals surface area (Å²) in [6.45, 7) is 6.34. The van der Waals surface area contributed by atoms with Gasteiger partial charge in [0.2, 0.25) is 0 Å². The maximum absolute atomic E-state index is 11.1. The van der Waals surface area contributed by atoms with Gasteiger partial charge in [-0.25, -0.2) is 0 Å². The van der Waals surface area contributed by atoms with Crippen molar-refractivity contribution < 1.29 is 14.7 Å². The third-order valence-corrected chi connectivity index (χ3v) is 7.13. The van der Waals surface area contributed by atoms with Crippen molar-refractivity contribution >= 4 is 17.9 Å². The second-order valence-electron chi connectivity index (χ2n) is 7.63. The molecule has 136 valence electrons. The second kappa shape index (κ2) is 6.29. The average molecular weight is 368 g/mol. The van der Waals surface area contributed by atoms with Crippen molar-refractivity contribution in [3.63, 3.8) is 0 Å². The Kier molecular flexibility index (Phi) is 4.54. The third-order valence-electron chi connectivity index (χ3n) is 4.60. The predicted molar refractivity (Wildman–Crippen MR) is 110 cm³/mol. The van der Waals surface area contributed by atoms with Crippen LogP contribution >= 0.6 is 7.28 Å². The third kappa shape index (κ3) is 3.32. The minimum absolute atomic E-state index is 0.124. The molecule has 0 aliphatic rings. The zero-order chi connectivity index (χ0) is 19.0. The minimum atomic E-state index is -5.26. The molecule has 26 heavy (non-hydrogen) atoms. The van der Waals surface area contributed by atoms with Gasteiger partial charge in [-0.1, -0.05) is 0 Å². The van der Waals surface area contributed by atoms with E-state index in [-0.39, 0.29) is 16.0 Å². The van der Waals surface area contributed by atoms with Crippen molar-refractivity contribution in [1.82, 2.24) is 0 Å². The molecule has 0 fully saturated rings. The van der Waals surface area contributed by atoms with E-state index in [1.165, 1.54) is 0 Å². The molecule has 0 unspecified atom stereocenters. The Morgan fingerprint density at radius 3 is 1.73 bits per heavy atom. The van der Waals surface area contributed by atoms with E-state index in [0.29, 0.717) is 5.56 Å². The summed E-state index contributed by atoms with van der Waals surface area (Å²) in [5, 5.41) is 0.278. The first kappa shape index (κ1) is 18.8. The number of hydrogen-bond donors (Lipinski definition) is 3. The first-order valence-corrected chi connectivity index (χ1v) is 10.7. The molecule has 0 heterocycles. The zero-order valence-electron chi connectivity index (χ0n) is 15.3. The summed E-state index contributed by atoms with van der Waals surface area (Å²) in [7, 11) is -5.26. The Bertz CT molecular complexity index is 919. The second-order valence-corrected chi connectivity index (χ2v) is 10.6. The molecule has 0 amide bonds. The molecule has 0 aromatic heterocycles. The van der Waals surface area contributed by atoms with Gasteiger partial charge in [0.1, 0.15) is 0 Å². The number of benzene rings is 3. The molecule has 3 aromatic rings. The van der Waals surface area contributed by atoms with Crippen LogP contribution < -0.4 is 10.6 Å². The quantitative estimate of drug-likeness (QED) is 0.615. The van der Waals surface area contributed by atoms with E-state index in [0.717, 1.165) is 11.1 Å². The molecule has 0 radical (unpaired) electrons. The van der Waals surface area contributed by atoms with Crippen molar-refractivity contribution in [2.24, 2.45) is 0 Å². The van der Waals surface area contributed by atoms with Gasteiger partial charge in [0, 0.05) is 0 Å². The van der Waals surface area contributed by atoms with Crippen LogP contribution in [0.1, 0.15) is 26.3 Å². The van der Waals surface area contributed by atoms with Crippen molar-refractivity contribution in [2.75, 3.05) is 0 Å². The van der Waals surface area contributed by atoms with Gasteiger partial charge in [0.05, 0.1) is 0 Å². The summed E-state index contributed by atoms with van der Waals surface area (Å²) < 4.78 is 0. The molecular weight excluding hydrogens is 343 g/mol. The fourth-order valence-corrected chi connectivity index (χ4v) is 5.27. The normalized spacial score (nSPS) is 13.8. The van der Waals surface area contributed by atoms with E-state index >= 15 is 0 Å². The summed E-state index contributed by atoms with van der Waals surface area (Å²) in [5.74, 6) is 0. The molecule has 0 bridgehead atoms. The van der Waals surface area contributed by atoms with Crippen molar-refractivity contribution in [2.45, 2.75) is 26.2 Å². The predicted octanol–water partition coefficient (Wildman–Crippen LogP) is 3.88. The van der Waals surface area contributed by atoms with Crippen LogP contribution in [-0.4, -0.2) is 14.7 Å². The summed E-state index contributed by atoms with van der Waals surface area (Å²) in [5.41, 5.74) is 2.46. The maximum atomic E-state index is 11.1. The van der Waals surface area contributed by atoms with E-state index in [4.69, 9.17) is 0 Å². The SMILES string of the molecule is CC(C)(C)c1ccccc1-c1ccccc1P(O)(O)(O)c1ccccc1. The van der Waals surface area contributed by atoms with Crippen LogP contribution in [0, 0.1) is 0 Å². The standard InChI is InChI=1S/C22H25O3P/c1-22(2,3)20-15-9-7-13-18(20)19-14-8-10-16-21(19)26(23,24,25)17-11-5-4-6-12-17/h4-16,23-25H,1-3H3. The molecule has 3 rings (SSSR count). The molecule has 0 aliphatic heterocycles. The van der Waals surface area contributed by atoms with Crippen LogP contribution in [0.15, 0.2) is 78.9 Å². The summed E-state index contributed by atoms with van der Waals surface area (Å²) in [6.07, 6.45) is 0. The van der Waals surface area contributed by atoms with Crippen molar-refractivity contribution in [3.05, 3.63) is 84.4 Å². The van der Waals surface area contributed by atoms with Gasteiger partial charge in [-0.3, -0.25) is 0 Å². The summed E-state index contributed by atoms with van der Waals surface area (Å²) in [4.78, 5) is 33.3. The van der Waals surface area contributed by atoms with Crippen LogP contribution in [-0.2, 0) is 5.41 Å². The first-order chi connectivity index (χ1) is 12.1. The van der Waals surface area contributed by atoms with Crippen LogP contribution in [0.4, 0.5) is 0 Å². The van der Waals surface area contributed by atoms with Crippen molar-refractivity contribution in [3.8, 4) is 11.1 Å². The average Bonchev–Trinajstić information content (AvgIpc) is 2.61. The van der Waals surface area contributed by atoms with Crippen LogP contribution in [0.5, 0.6) is 0 Å². The molecule has 0 saturated heterocycles. The van der Waals surface area contributed by atoms with E-state index < -0.39 is 7.28 Å². The Morgan fingerprint density at radius 2 is 1.12 bits per heavy atom. The zero-order valence-corrected chi connectivity index (χ0v) is 16.2. The van der Waals surface area contributed by atoms with E-state index in [1.54, 1.807) is 42.5 Å². The van der Waals surface area contributed by atoms with Gasteiger partial charge >= 0.3 is 154 Å². The topological polar surface area (TPSA) is 60.7 Å². The molecule has 0 aliphatic carbocycles. The van der Waals surface area contributed by atoms with Gasteiger partial charge in [-0.05, 0) is 0 Å². The van der Waals surface area contributed by atoms with Crippen LogP contribution in [0.2, 0.25) is 0 Å². The van der Waals surface area contributed by atoms with Crippen molar-refractivity contribution in [1.29, 1.82) is 0 Å². The van der Waals surface area contributed by atoms with E-state index in [9.17, 15) is 14.7 Å². The molecule has 4 heteroatoms. The Labute approximate surface area is 154 Å². The Morgan fingerprint density at radius 1 is 0.615 bits per heavy atom. The molecule has 0 saturated carbocycles. The molecular formula is C22H25O3P. The van der Waals surface area contributed by atoms with Gasteiger partial charge in [-0.15, -0.1) is 0 Å². The Balaban J connectivity index is 2.30.